The SMILES string of the molecule is CC(C)CC(Cl)CNC(=O)c1cc(Cl)ccc1I. The van der Waals surface area contributed by atoms with Gasteiger partial charge in [0.15, 0.2) is 0 Å². The van der Waals surface area contributed by atoms with Crippen LogP contribution in [-0.2, 0) is 0 Å². The van der Waals surface area contributed by atoms with E-state index in [0.29, 0.717) is 23.0 Å². The zero-order valence-corrected chi connectivity index (χ0v) is 14.0. The van der Waals surface area contributed by atoms with E-state index in [1.807, 2.05) is 6.07 Å². The Hall–Kier alpha value is -0.000000000000000111. The molecule has 0 heterocycles. The molecule has 1 atom stereocenters. The van der Waals surface area contributed by atoms with Crippen molar-refractivity contribution in [3.63, 3.8) is 0 Å². The largest absolute Gasteiger partial charge is 0.351 e. The number of nitrogens with one attached hydrogen (secondary N) is 1. The van der Waals surface area contributed by atoms with Gasteiger partial charge in [0.25, 0.3) is 5.91 Å². The van der Waals surface area contributed by atoms with E-state index in [1.165, 1.54) is 0 Å². The second-order valence-corrected chi connectivity index (χ2v) is 6.78. The standard InChI is InChI=1S/C13H16Cl2INO/c1-8(2)5-10(15)7-17-13(18)11-6-9(14)3-4-12(11)16/h3-4,6,8,10H,5,7H2,1-2H3,(H,17,18). The van der Waals surface area contributed by atoms with Gasteiger partial charge in [-0.25, -0.2) is 0 Å². The molecule has 0 saturated heterocycles. The van der Waals surface area contributed by atoms with Crippen LogP contribution in [0.4, 0.5) is 0 Å². The molecule has 0 aliphatic heterocycles. The minimum Gasteiger partial charge on any atom is -0.351 e. The summed E-state index contributed by atoms with van der Waals surface area (Å²) >= 11 is 14.1. The van der Waals surface area contributed by atoms with E-state index in [1.54, 1.807) is 12.1 Å². The zero-order valence-electron chi connectivity index (χ0n) is 10.3. The van der Waals surface area contributed by atoms with Crippen LogP contribution in [-0.4, -0.2) is 17.8 Å². The fourth-order valence-electron chi connectivity index (χ4n) is 1.57. The first-order chi connectivity index (χ1) is 8.40. The molecule has 0 bridgehead atoms. The fraction of sp³-hybridized carbons (Fsp3) is 0.462. The average molecular weight is 400 g/mol. The van der Waals surface area contributed by atoms with E-state index in [-0.39, 0.29) is 11.3 Å². The van der Waals surface area contributed by atoms with Gasteiger partial charge in [0, 0.05) is 15.1 Å². The molecule has 100 valence electrons. The molecule has 5 heteroatoms. The Balaban J connectivity index is 2.58. The number of benzene rings is 1. The molecule has 0 fully saturated rings. The van der Waals surface area contributed by atoms with Crippen LogP contribution in [0.25, 0.3) is 0 Å². The Morgan fingerprint density at radius 3 is 2.72 bits per heavy atom. The van der Waals surface area contributed by atoms with E-state index >= 15 is 0 Å². The number of amides is 1. The van der Waals surface area contributed by atoms with Crippen LogP contribution < -0.4 is 5.32 Å². The molecular formula is C13H16Cl2INO. The number of carbonyl (C=O) groups is 1. The van der Waals surface area contributed by atoms with E-state index in [9.17, 15) is 4.79 Å². The number of carbonyl (C=O) groups excluding carboxylic acids is 1. The van der Waals surface area contributed by atoms with Crippen molar-refractivity contribution in [2.24, 2.45) is 5.92 Å². The van der Waals surface area contributed by atoms with Crippen molar-refractivity contribution in [1.82, 2.24) is 5.32 Å². The molecule has 0 aliphatic rings. The molecule has 1 N–H and O–H groups in total. The van der Waals surface area contributed by atoms with Crippen molar-refractivity contribution < 1.29 is 4.79 Å². The predicted molar refractivity (Wildman–Crippen MR) is 85.6 cm³/mol. The van der Waals surface area contributed by atoms with E-state index in [4.69, 9.17) is 23.2 Å². The molecule has 0 spiro atoms. The van der Waals surface area contributed by atoms with Gasteiger partial charge in [0.2, 0.25) is 0 Å². The molecule has 2 nitrogen and oxygen atoms in total. The van der Waals surface area contributed by atoms with Gasteiger partial charge < -0.3 is 5.32 Å². The van der Waals surface area contributed by atoms with E-state index in [0.717, 1.165) is 9.99 Å². The van der Waals surface area contributed by atoms with Gasteiger partial charge in [-0.1, -0.05) is 25.4 Å². The maximum Gasteiger partial charge on any atom is 0.252 e. The molecular weight excluding hydrogens is 384 g/mol. The highest BCUT2D eigenvalue weighted by atomic mass is 127. The summed E-state index contributed by atoms with van der Waals surface area (Å²) in [6, 6.07) is 5.26. The van der Waals surface area contributed by atoms with Crippen LogP contribution in [0.5, 0.6) is 0 Å². The second kappa shape index (κ2) is 7.56. The van der Waals surface area contributed by atoms with Crippen molar-refractivity contribution in [2.45, 2.75) is 25.6 Å². The van der Waals surface area contributed by atoms with Gasteiger partial charge in [-0.05, 0) is 53.1 Å². The highest BCUT2D eigenvalue weighted by Crippen LogP contribution is 2.18. The first kappa shape index (κ1) is 16.1. The number of halogens is 3. The number of hydrogen-bond donors (Lipinski definition) is 1. The Bertz CT molecular complexity index is 423. The van der Waals surface area contributed by atoms with Crippen molar-refractivity contribution in [3.8, 4) is 0 Å². The third kappa shape index (κ3) is 5.33. The fourth-order valence-corrected chi connectivity index (χ4v) is 2.75. The molecule has 0 radical (unpaired) electrons. The molecule has 1 aromatic rings. The predicted octanol–water partition coefficient (Wildman–Crippen LogP) is 4.33. The third-order valence-corrected chi connectivity index (χ3v) is 3.89. The highest BCUT2D eigenvalue weighted by Gasteiger charge is 2.13. The summed E-state index contributed by atoms with van der Waals surface area (Å²) < 4.78 is 0.879. The summed E-state index contributed by atoms with van der Waals surface area (Å²) in [7, 11) is 0. The smallest absolute Gasteiger partial charge is 0.252 e. The first-order valence-corrected chi connectivity index (χ1v) is 7.66. The molecule has 0 aromatic heterocycles. The number of rotatable bonds is 5. The van der Waals surface area contributed by atoms with Gasteiger partial charge >= 0.3 is 0 Å². The van der Waals surface area contributed by atoms with Crippen LogP contribution >= 0.6 is 45.8 Å². The van der Waals surface area contributed by atoms with Gasteiger partial charge in [-0.2, -0.15) is 0 Å². The Labute approximate surface area is 132 Å². The third-order valence-electron chi connectivity index (χ3n) is 2.38. The molecule has 1 amide bonds. The lowest BCUT2D eigenvalue weighted by atomic mass is 10.1. The lowest BCUT2D eigenvalue weighted by Gasteiger charge is -2.13. The summed E-state index contributed by atoms with van der Waals surface area (Å²) in [5.41, 5.74) is 0.594. The van der Waals surface area contributed by atoms with E-state index < -0.39 is 0 Å². The van der Waals surface area contributed by atoms with Crippen LogP contribution in [0.1, 0.15) is 30.6 Å². The summed E-state index contributed by atoms with van der Waals surface area (Å²) in [6.07, 6.45) is 0.883. The van der Waals surface area contributed by atoms with Crippen LogP contribution in [0.2, 0.25) is 5.02 Å². The zero-order chi connectivity index (χ0) is 13.7. The van der Waals surface area contributed by atoms with Gasteiger partial charge in [-0.3, -0.25) is 4.79 Å². The minimum atomic E-state index is -0.128. The maximum absolute atomic E-state index is 12.0. The molecule has 1 aromatic carbocycles. The lowest BCUT2D eigenvalue weighted by molar-refractivity contribution is 0.0952. The van der Waals surface area contributed by atoms with Gasteiger partial charge in [0.1, 0.15) is 0 Å². The second-order valence-electron chi connectivity index (χ2n) is 4.56. The molecule has 0 saturated carbocycles. The quantitative estimate of drug-likeness (QED) is 0.579. The molecule has 1 rings (SSSR count). The topological polar surface area (TPSA) is 29.1 Å². The van der Waals surface area contributed by atoms with Gasteiger partial charge in [0.05, 0.1) is 10.9 Å². The average Bonchev–Trinajstić information content (AvgIpc) is 2.28. The number of hydrogen-bond acceptors (Lipinski definition) is 1. The summed E-state index contributed by atoms with van der Waals surface area (Å²) in [5.74, 6) is 0.395. The van der Waals surface area contributed by atoms with Crippen LogP contribution in [0, 0.1) is 9.49 Å². The maximum atomic E-state index is 12.0. The van der Waals surface area contributed by atoms with Crippen LogP contribution in [0.3, 0.4) is 0 Å². The van der Waals surface area contributed by atoms with Crippen molar-refractivity contribution in [2.75, 3.05) is 6.54 Å². The highest BCUT2D eigenvalue weighted by molar-refractivity contribution is 14.1. The van der Waals surface area contributed by atoms with Crippen molar-refractivity contribution in [3.05, 3.63) is 32.4 Å². The molecule has 18 heavy (non-hydrogen) atoms. The monoisotopic (exact) mass is 399 g/mol. The Kier molecular flexibility index (Phi) is 6.74. The number of alkyl halides is 1. The van der Waals surface area contributed by atoms with E-state index in [2.05, 4.69) is 41.8 Å². The van der Waals surface area contributed by atoms with Crippen LogP contribution in [0.15, 0.2) is 18.2 Å². The van der Waals surface area contributed by atoms with Gasteiger partial charge in [-0.15, -0.1) is 11.6 Å². The Morgan fingerprint density at radius 1 is 1.44 bits per heavy atom. The lowest BCUT2D eigenvalue weighted by Crippen LogP contribution is -2.30. The Morgan fingerprint density at radius 2 is 2.11 bits per heavy atom. The normalized spacial score (nSPS) is 12.6. The summed E-state index contributed by atoms with van der Waals surface area (Å²) in [5, 5.41) is 3.36. The van der Waals surface area contributed by atoms with Crippen molar-refractivity contribution in [1.29, 1.82) is 0 Å². The molecule has 0 aliphatic carbocycles. The minimum absolute atomic E-state index is 0.0363. The summed E-state index contributed by atoms with van der Waals surface area (Å²) in [6.45, 7) is 4.69. The molecule has 1 unspecified atom stereocenters. The first-order valence-electron chi connectivity index (χ1n) is 5.77. The summed E-state index contributed by atoms with van der Waals surface area (Å²) in [4.78, 5) is 12.0. The van der Waals surface area contributed by atoms with Crippen molar-refractivity contribution >= 4 is 51.7 Å².